The van der Waals surface area contributed by atoms with Crippen LogP contribution in [0.2, 0.25) is 0 Å². The molecule has 2 amide bonds. The maximum Gasteiger partial charge on any atom is 0.315 e. The molecule has 1 atom stereocenters. The quantitative estimate of drug-likeness (QED) is 0.844. The molecule has 0 bridgehead atoms. The monoisotopic (exact) mass is 328 g/mol. The Bertz CT molecular complexity index is 431. The van der Waals surface area contributed by atoms with E-state index in [2.05, 4.69) is 33.7 Å². The van der Waals surface area contributed by atoms with Gasteiger partial charge in [-0.3, -0.25) is 0 Å². The van der Waals surface area contributed by atoms with Crippen molar-refractivity contribution in [2.75, 3.05) is 26.0 Å². The first-order valence-corrected chi connectivity index (χ1v) is 9.49. The molecule has 1 aliphatic heterocycles. The van der Waals surface area contributed by atoms with Crippen LogP contribution in [0.15, 0.2) is 16.8 Å². The number of ether oxygens (including phenoxy) is 1. The molecule has 21 heavy (non-hydrogen) atoms. The van der Waals surface area contributed by atoms with Crippen molar-refractivity contribution in [2.45, 2.75) is 37.0 Å². The lowest BCUT2D eigenvalue weighted by Crippen LogP contribution is -2.49. The molecule has 0 unspecified atom stereocenters. The average Bonchev–Trinajstić information content (AvgIpc) is 2.99. The van der Waals surface area contributed by atoms with Crippen molar-refractivity contribution in [2.24, 2.45) is 0 Å². The van der Waals surface area contributed by atoms with Gasteiger partial charge in [-0.15, -0.1) is 0 Å². The van der Waals surface area contributed by atoms with Gasteiger partial charge in [-0.1, -0.05) is 0 Å². The SMILES string of the molecule is CSC1(CNC(=O)N[C@@H](C)Cc2ccsc2)CCOCC1. The molecule has 2 heterocycles. The second-order valence-corrected chi connectivity index (χ2v) is 7.62. The molecule has 6 heteroatoms. The first-order valence-electron chi connectivity index (χ1n) is 7.32. The van der Waals surface area contributed by atoms with Gasteiger partial charge in [0.15, 0.2) is 0 Å². The number of hydrogen-bond acceptors (Lipinski definition) is 4. The molecule has 0 aromatic carbocycles. The van der Waals surface area contributed by atoms with Crippen LogP contribution in [0.5, 0.6) is 0 Å². The summed E-state index contributed by atoms with van der Waals surface area (Å²) in [5, 5.41) is 10.2. The van der Waals surface area contributed by atoms with Crippen molar-refractivity contribution < 1.29 is 9.53 Å². The number of thiophene rings is 1. The molecule has 0 radical (unpaired) electrons. The summed E-state index contributed by atoms with van der Waals surface area (Å²) in [5.41, 5.74) is 1.28. The number of carbonyl (C=O) groups is 1. The van der Waals surface area contributed by atoms with Gasteiger partial charge < -0.3 is 15.4 Å². The van der Waals surface area contributed by atoms with E-state index in [1.807, 2.05) is 18.7 Å². The lowest BCUT2D eigenvalue weighted by Gasteiger charge is -2.35. The number of rotatable bonds is 6. The van der Waals surface area contributed by atoms with Crippen molar-refractivity contribution in [1.29, 1.82) is 0 Å². The molecule has 1 fully saturated rings. The number of thioether (sulfide) groups is 1. The third kappa shape index (κ3) is 5.20. The Labute approximate surface area is 135 Å². The topological polar surface area (TPSA) is 50.4 Å². The summed E-state index contributed by atoms with van der Waals surface area (Å²) in [6, 6.07) is 2.17. The van der Waals surface area contributed by atoms with E-state index in [-0.39, 0.29) is 16.8 Å². The zero-order valence-corrected chi connectivity index (χ0v) is 14.3. The minimum absolute atomic E-state index is 0.0716. The molecule has 0 spiro atoms. The van der Waals surface area contributed by atoms with E-state index in [0.29, 0.717) is 6.54 Å². The molecule has 1 aromatic rings. The number of amides is 2. The van der Waals surface area contributed by atoms with Crippen LogP contribution < -0.4 is 10.6 Å². The first kappa shape index (κ1) is 16.6. The Balaban J connectivity index is 1.73. The van der Waals surface area contributed by atoms with Crippen molar-refractivity contribution in [1.82, 2.24) is 10.6 Å². The summed E-state index contributed by atoms with van der Waals surface area (Å²) < 4.78 is 5.55. The van der Waals surface area contributed by atoms with Crippen molar-refractivity contribution in [3.63, 3.8) is 0 Å². The molecule has 1 aromatic heterocycles. The Morgan fingerprint density at radius 3 is 2.90 bits per heavy atom. The number of nitrogens with one attached hydrogen (secondary N) is 2. The summed E-state index contributed by atoms with van der Waals surface area (Å²) >= 11 is 3.53. The highest BCUT2D eigenvalue weighted by molar-refractivity contribution is 8.00. The highest BCUT2D eigenvalue weighted by Crippen LogP contribution is 2.32. The van der Waals surface area contributed by atoms with Gasteiger partial charge in [0.05, 0.1) is 0 Å². The molecular weight excluding hydrogens is 304 g/mol. The number of carbonyl (C=O) groups excluding carboxylic acids is 1. The maximum atomic E-state index is 12.0. The fraction of sp³-hybridized carbons (Fsp3) is 0.667. The van der Waals surface area contributed by atoms with Gasteiger partial charge in [-0.25, -0.2) is 4.79 Å². The van der Waals surface area contributed by atoms with E-state index in [1.54, 1.807) is 11.3 Å². The van der Waals surface area contributed by atoms with Gasteiger partial charge in [0.25, 0.3) is 0 Å². The summed E-state index contributed by atoms with van der Waals surface area (Å²) in [7, 11) is 0. The third-order valence-electron chi connectivity index (χ3n) is 3.91. The van der Waals surface area contributed by atoms with Gasteiger partial charge in [0.2, 0.25) is 0 Å². The zero-order chi connectivity index (χ0) is 15.1. The van der Waals surface area contributed by atoms with Crippen molar-refractivity contribution in [3.8, 4) is 0 Å². The van der Waals surface area contributed by atoms with E-state index in [4.69, 9.17) is 4.74 Å². The molecule has 2 N–H and O–H groups in total. The summed E-state index contributed by atoms with van der Waals surface area (Å²) in [4.78, 5) is 12.0. The van der Waals surface area contributed by atoms with E-state index < -0.39 is 0 Å². The van der Waals surface area contributed by atoms with Gasteiger partial charge in [-0.2, -0.15) is 23.1 Å². The Kier molecular flexibility index (Phi) is 6.39. The molecular formula is C15H24N2O2S2. The molecule has 0 aliphatic carbocycles. The molecule has 2 rings (SSSR count). The minimum atomic E-state index is -0.0716. The number of urea groups is 1. The summed E-state index contributed by atoms with van der Waals surface area (Å²) in [6.07, 6.45) is 4.99. The van der Waals surface area contributed by atoms with E-state index in [9.17, 15) is 4.79 Å². The third-order valence-corrected chi connectivity index (χ3v) is 6.06. The van der Waals surface area contributed by atoms with E-state index >= 15 is 0 Å². The van der Waals surface area contributed by atoms with E-state index in [0.717, 1.165) is 32.5 Å². The molecule has 118 valence electrons. The molecule has 1 aliphatic rings. The van der Waals surface area contributed by atoms with Crippen molar-refractivity contribution >= 4 is 29.1 Å². The molecule has 4 nitrogen and oxygen atoms in total. The summed E-state index contributed by atoms with van der Waals surface area (Å²) in [5.74, 6) is 0. The largest absolute Gasteiger partial charge is 0.381 e. The Morgan fingerprint density at radius 1 is 1.52 bits per heavy atom. The first-order chi connectivity index (χ1) is 10.1. The van der Waals surface area contributed by atoms with Gasteiger partial charge in [0.1, 0.15) is 0 Å². The second-order valence-electron chi connectivity index (χ2n) is 5.56. The van der Waals surface area contributed by atoms with Gasteiger partial charge in [0, 0.05) is 30.5 Å². The lowest BCUT2D eigenvalue weighted by molar-refractivity contribution is 0.0777. The van der Waals surface area contributed by atoms with Crippen LogP contribution >= 0.6 is 23.1 Å². The van der Waals surface area contributed by atoms with Crippen LogP contribution in [-0.2, 0) is 11.2 Å². The minimum Gasteiger partial charge on any atom is -0.381 e. The van der Waals surface area contributed by atoms with Crippen LogP contribution in [-0.4, -0.2) is 42.8 Å². The Hall–Kier alpha value is -0.720. The molecule has 0 saturated carbocycles. The van der Waals surface area contributed by atoms with Crippen LogP contribution in [0.25, 0.3) is 0 Å². The Morgan fingerprint density at radius 2 is 2.29 bits per heavy atom. The number of hydrogen-bond donors (Lipinski definition) is 2. The average molecular weight is 329 g/mol. The van der Waals surface area contributed by atoms with Crippen LogP contribution in [0.3, 0.4) is 0 Å². The fourth-order valence-corrected chi connectivity index (χ4v) is 4.00. The lowest BCUT2D eigenvalue weighted by atomic mass is 9.99. The highest BCUT2D eigenvalue weighted by atomic mass is 32.2. The van der Waals surface area contributed by atoms with Gasteiger partial charge in [-0.05, 0) is 54.8 Å². The highest BCUT2D eigenvalue weighted by Gasteiger charge is 2.32. The summed E-state index contributed by atoms with van der Waals surface area (Å²) in [6.45, 7) is 4.32. The maximum absolute atomic E-state index is 12.0. The predicted molar refractivity (Wildman–Crippen MR) is 90.3 cm³/mol. The second kappa shape index (κ2) is 8.06. The van der Waals surface area contributed by atoms with Crippen LogP contribution in [0, 0.1) is 0 Å². The van der Waals surface area contributed by atoms with Crippen LogP contribution in [0.4, 0.5) is 4.79 Å². The predicted octanol–water partition coefficient (Wildman–Crippen LogP) is 2.89. The fourth-order valence-electron chi connectivity index (χ4n) is 2.53. The molecule has 1 saturated heterocycles. The van der Waals surface area contributed by atoms with Gasteiger partial charge >= 0.3 is 6.03 Å². The standard InChI is InChI=1S/C15H24N2O2S2/c1-12(9-13-3-8-21-10-13)17-14(18)16-11-15(20-2)4-6-19-7-5-15/h3,8,10,12H,4-7,9,11H2,1-2H3,(H2,16,17,18)/t12-/m0/s1. The normalized spacial score (nSPS) is 19.0. The van der Waals surface area contributed by atoms with Crippen LogP contribution in [0.1, 0.15) is 25.3 Å². The zero-order valence-electron chi connectivity index (χ0n) is 12.7. The van der Waals surface area contributed by atoms with E-state index in [1.165, 1.54) is 5.56 Å². The van der Waals surface area contributed by atoms with Crippen molar-refractivity contribution in [3.05, 3.63) is 22.4 Å². The smallest absolute Gasteiger partial charge is 0.315 e.